The van der Waals surface area contributed by atoms with Crippen molar-refractivity contribution >= 4 is 17.3 Å². The van der Waals surface area contributed by atoms with Gasteiger partial charge in [-0.25, -0.2) is 24.7 Å². The highest BCUT2D eigenvalue weighted by Gasteiger charge is 2.30. The number of likely N-dealkylation sites (tertiary alicyclic amines) is 1. The van der Waals surface area contributed by atoms with Crippen LogP contribution in [0.25, 0.3) is 22.6 Å². The van der Waals surface area contributed by atoms with E-state index in [4.69, 9.17) is 14.5 Å². The number of carbonyl (C=O) groups excluding carboxylic acids is 1. The Morgan fingerprint density at radius 1 is 1.21 bits per heavy atom. The normalized spacial score (nSPS) is 16.0. The standard InChI is InChI=1S/C22H30N8O3/c1-5-30-19(16-11-23-15(2)24-12-16)27-18-20(30)25-14-26-21(18)33-17-7-9-29(13-17)22(31)32-10-6-8-28(3)4/h11-12,14,17H,5-10,13H2,1-4H3. The molecule has 3 aromatic heterocycles. The highest BCUT2D eigenvalue weighted by Crippen LogP contribution is 2.29. The molecule has 33 heavy (non-hydrogen) atoms. The highest BCUT2D eigenvalue weighted by atomic mass is 16.6. The number of hydrogen-bond donors (Lipinski definition) is 0. The average Bonchev–Trinajstić information content (AvgIpc) is 3.42. The van der Waals surface area contributed by atoms with Gasteiger partial charge in [0.2, 0.25) is 5.88 Å². The zero-order valence-electron chi connectivity index (χ0n) is 19.6. The number of hydrogen-bond acceptors (Lipinski definition) is 9. The minimum atomic E-state index is -0.301. The number of carbonyl (C=O) groups is 1. The van der Waals surface area contributed by atoms with Crippen LogP contribution in [0.2, 0.25) is 0 Å². The van der Waals surface area contributed by atoms with Crippen LogP contribution in [0.5, 0.6) is 5.88 Å². The first-order valence-corrected chi connectivity index (χ1v) is 11.2. The zero-order chi connectivity index (χ0) is 23.4. The Labute approximate surface area is 192 Å². The van der Waals surface area contributed by atoms with Crippen molar-refractivity contribution in [3.8, 4) is 17.3 Å². The Morgan fingerprint density at radius 3 is 2.73 bits per heavy atom. The van der Waals surface area contributed by atoms with Crippen molar-refractivity contribution in [2.75, 3.05) is 40.3 Å². The van der Waals surface area contributed by atoms with E-state index in [1.54, 1.807) is 17.3 Å². The molecule has 3 aromatic rings. The summed E-state index contributed by atoms with van der Waals surface area (Å²) in [6.45, 7) is 6.87. The molecule has 0 radical (unpaired) electrons. The number of nitrogens with zero attached hydrogens (tertiary/aromatic N) is 8. The third kappa shape index (κ3) is 5.19. The van der Waals surface area contributed by atoms with Gasteiger partial charge < -0.3 is 23.8 Å². The van der Waals surface area contributed by atoms with Crippen molar-refractivity contribution in [1.82, 2.24) is 39.3 Å². The molecule has 0 spiro atoms. The molecule has 11 nitrogen and oxygen atoms in total. The fourth-order valence-corrected chi connectivity index (χ4v) is 3.81. The van der Waals surface area contributed by atoms with Crippen LogP contribution in [0.15, 0.2) is 18.7 Å². The summed E-state index contributed by atoms with van der Waals surface area (Å²) in [7, 11) is 3.99. The van der Waals surface area contributed by atoms with Gasteiger partial charge in [-0.15, -0.1) is 0 Å². The summed E-state index contributed by atoms with van der Waals surface area (Å²) < 4.78 is 13.6. The van der Waals surface area contributed by atoms with Crippen molar-refractivity contribution in [3.05, 3.63) is 24.5 Å². The molecule has 1 fully saturated rings. The molecule has 0 N–H and O–H groups in total. The van der Waals surface area contributed by atoms with Crippen molar-refractivity contribution < 1.29 is 14.3 Å². The molecular formula is C22H30N8O3. The summed E-state index contributed by atoms with van der Waals surface area (Å²) in [6.07, 6.45) is 6.00. The van der Waals surface area contributed by atoms with Crippen LogP contribution in [-0.4, -0.2) is 91.8 Å². The maximum atomic E-state index is 12.3. The fourth-order valence-electron chi connectivity index (χ4n) is 3.81. The van der Waals surface area contributed by atoms with Crippen LogP contribution in [-0.2, 0) is 11.3 Å². The zero-order valence-corrected chi connectivity index (χ0v) is 19.6. The molecule has 1 atom stereocenters. The van der Waals surface area contributed by atoms with Crippen molar-refractivity contribution in [2.45, 2.75) is 39.3 Å². The second-order valence-electron chi connectivity index (χ2n) is 8.30. The summed E-state index contributed by atoms with van der Waals surface area (Å²) in [4.78, 5) is 38.2. The molecule has 11 heteroatoms. The van der Waals surface area contributed by atoms with Gasteiger partial charge in [-0.05, 0) is 34.4 Å². The minimum absolute atomic E-state index is 0.185. The van der Waals surface area contributed by atoms with Gasteiger partial charge in [-0.3, -0.25) is 0 Å². The number of aryl methyl sites for hydroxylation is 2. The average molecular weight is 455 g/mol. The maximum Gasteiger partial charge on any atom is 0.409 e. The summed E-state index contributed by atoms with van der Waals surface area (Å²) in [5, 5.41) is 0. The first kappa shape index (κ1) is 22.8. The van der Waals surface area contributed by atoms with Gasteiger partial charge in [-0.2, -0.15) is 4.98 Å². The van der Waals surface area contributed by atoms with Crippen LogP contribution < -0.4 is 4.74 Å². The predicted molar refractivity (Wildman–Crippen MR) is 122 cm³/mol. The lowest BCUT2D eigenvalue weighted by Gasteiger charge is -2.17. The lowest BCUT2D eigenvalue weighted by atomic mass is 10.3. The van der Waals surface area contributed by atoms with Gasteiger partial charge in [0.05, 0.1) is 18.7 Å². The van der Waals surface area contributed by atoms with E-state index in [-0.39, 0.29) is 12.2 Å². The molecule has 176 valence electrons. The van der Waals surface area contributed by atoms with Gasteiger partial charge in [0.15, 0.2) is 11.2 Å². The van der Waals surface area contributed by atoms with Crippen LogP contribution in [0, 0.1) is 6.92 Å². The number of rotatable bonds is 8. The van der Waals surface area contributed by atoms with Crippen molar-refractivity contribution in [3.63, 3.8) is 0 Å². The van der Waals surface area contributed by atoms with Crippen molar-refractivity contribution in [1.29, 1.82) is 0 Å². The SMILES string of the molecule is CCn1c(-c2cnc(C)nc2)nc2c(OC3CCN(C(=O)OCCCN(C)C)C3)ncnc21. The molecule has 4 rings (SSSR count). The molecule has 0 aliphatic carbocycles. The van der Waals surface area contributed by atoms with Gasteiger partial charge in [0, 0.05) is 38.4 Å². The van der Waals surface area contributed by atoms with Gasteiger partial charge in [0.25, 0.3) is 0 Å². The van der Waals surface area contributed by atoms with Crippen LogP contribution in [0.3, 0.4) is 0 Å². The second kappa shape index (κ2) is 10.1. The van der Waals surface area contributed by atoms with E-state index in [1.807, 2.05) is 32.5 Å². The Hall–Kier alpha value is -3.34. The molecule has 1 saturated heterocycles. The molecule has 0 bridgehead atoms. The number of aromatic nitrogens is 6. The van der Waals surface area contributed by atoms with Gasteiger partial charge in [-0.1, -0.05) is 0 Å². The first-order chi connectivity index (χ1) is 16.0. The predicted octanol–water partition coefficient (Wildman–Crippen LogP) is 2.15. The van der Waals surface area contributed by atoms with E-state index in [9.17, 15) is 4.79 Å². The van der Waals surface area contributed by atoms with Crippen molar-refractivity contribution in [2.24, 2.45) is 0 Å². The van der Waals surface area contributed by atoms with Crippen LogP contribution in [0.1, 0.15) is 25.6 Å². The molecular weight excluding hydrogens is 424 g/mol. The molecule has 1 aliphatic rings. The van der Waals surface area contributed by atoms with E-state index < -0.39 is 0 Å². The number of amides is 1. The number of imidazole rings is 1. The lowest BCUT2D eigenvalue weighted by Crippen LogP contribution is -2.32. The second-order valence-corrected chi connectivity index (χ2v) is 8.30. The summed E-state index contributed by atoms with van der Waals surface area (Å²) in [5.41, 5.74) is 2.07. The Balaban J connectivity index is 1.46. The minimum Gasteiger partial charge on any atom is -0.471 e. The number of ether oxygens (including phenoxy) is 2. The molecule has 0 aromatic carbocycles. The molecule has 1 amide bonds. The third-order valence-electron chi connectivity index (χ3n) is 5.51. The van der Waals surface area contributed by atoms with Crippen LogP contribution >= 0.6 is 0 Å². The van der Waals surface area contributed by atoms with E-state index in [1.165, 1.54) is 6.33 Å². The van der Waals surface area contributed by atoms with E-state index >= 15 is 0 Å². The lowest BCUT2D eigenvalue weighted by molar-refractivity contribution is 0.102. The quantitative estimate of drug-likeness (QED) is 0.473. The smallest absolute Gasteiger partial charge is 0.409 e. The molecule has 4 heterocycles. The first-order valence-electron chi connectivity index (χ1n) is 11.2. The Kier molecular flexibility index (Phi) is 6.97. The van der Waals surface area contributed by atoms with E-state index in [0.29, 0.717) is 61.4 Å². The topological polar surface area (TPSA) is 111 Å². The maximum absolute atomic E-state index is 12.3. The third-order valence-corrected chi connectivity index (χ3v) is 5.51. The Bertz CT molecular complexity index is 1100. The molecule has 0 saturated carbocycles. The summed E-state index contributed by atoms with van der Waals surface area (Å²) in [6, 6.07) is 0. The largest absolute Gasteiger partial charge is 0.471 e. The monoisotopic (exact) mass is 454 g/mol. The Morgan fingerprint density at radius 2 is 2.00 bits per heavy atom. The van der Waals surface area contributed by atoms with Gasteiger partial charge in [0.1, 0.15) is 24.1 Å². The molecule has 1 unspecified atom stereocenters. The molecule has 1 aliphatic heterocycles. The summed E-state index contributed by atoms with van der Waals surface area (Å²) in [5.74, 6) is 1.82. The van der Waals surface area contributed by atoms with E-state index in [0.717, 1.165) is 18.5 Å². The number of fused-ring (bicyclic) bond motifs is 1. The van der Waals surface area contributed by atoms with E-state index in [2.05, 4.69) is 24.8 Å². The fraction of sp³-hybridized carbons (Fsp3) is 0.545. The van der Waals surface area contributed by atoms with Crippen LogP contribution in [0.4, 0.5) is 4.79 Å². The summed E-state index contributed by atoms with van der Waals surface area (Å²) >= 11 is 0. The van der Waals surface area contributed by atoms with Gasteiger partial charge >= 0.3 is 6.09 Å². The highest BCUT2D eigenvalue weighted by molar-refractivity contribution is 5.81.